The van der Waals surface area contributed by atoms with Crippen molar-refractivity contribution in [1.82, 2.24) is 0 Å². The molecule has 0 saturated heterocycles. The minimum absolute atomic E-state index is 0.129. The van der Waals surface area contributed by atoms with Crippen molar-refractivity contribution in [1.29, 1.82) is 10.5 Å². The van der Waals surface area contributed by atoms with E-state index in [-0.39, 0.29) is 5.57 Å². The fourth-order valence-electron chi connectivity index (χ4n) is 2.66. The molecular weight excluding hydrogens is 248 g/mol. The first-order valence-electron chi connectivity index (χ1n) is 6.13. The molecule has 0 atom stereocenters. The molecule has 94 valence electrons. The minimum atomic E-state index is 0.129. The average molecular weight is 258 g/mol. The first-order valence-corrected chi connectivity index (χ1v) is 6.13. The van der Waals surface area contributed by atoms with Gasteiger partial charge in [0.25, 0.3) is 0 Å². The van der Waals surface area contributed by atoms with Crippen LogP contribution in [-0.2, 0) is 0 Å². The minimum Gasteiger partial charge on any atom is -0.496 e. The Morgan fingerprint density at radius 1 is 0.900 bits per heavy atom. The van der Waals surface area contributed by atoms with Gasteiger partial charge >= 0.3 is 0 Å². The van der Waals surface area contributed by atoms with Crippen molar-refractivity contribution in [3.8, 4) is 29.0 Å². The summed E-state index contributed by atoms with van der Waals surface area (Å²) in [6.07, 6.45) is 0. The van der Waals surface area contributed by atoms with Gasteiger partial charge in [0.1, 0.15) is 23.5 Å². The number of nitriles is 2. The van der Waals surface area contributed by atoms with Crippen molar-refractivity contribution in [2.45, 2.75) is 0 Å². The lowest BCUT2D eigenvalue weighted by Gasteiger charge is -2.07. The quantitative estimate of drug-likeness (QED) is 0.627. The Morgan fingerprint density at radius 3 is 2.20 bits per heavy atom. The van der Waals surface area contributed by atoms with Crippen molar-refractivity contribution >= 4 is 5.57 Å². The number of hydrogen-bond acceptors (Lipinski definition) is 3. The van der Waals surface area contributed by atoms with Gasteiger partial charge in [-0.25, -0.2) is 0 Å². The predicted octanol–water partition coefficient (Wildman–Crippen LogP) is 3.52. The normalized spacial score (nSPS) is 11.1. The maximum Gasteiger partial charge on any atom is 0.138 e. The first-order chi connectivity index (χ1) is 9.81. The van der Waals surface area contributed by atoms with Crippen LogP contribution in [0, 0.1) is 22.7 Å². The van der Waals surface area contributed by atoms with E-state index in [4.69, 9.17) is 4.74 Å². The van der Waals surface area contributed by atoms with Crippen LogP contribution in [0.25, 0.3) is 16.7 Å². The van der Waals surface area contributed by atoms with E-state index in [1.807, 2.05) is 54.6 Å². The van der Waals surface area contributed by atoms with Gasteiger partial charge in [-0.1, -0.05) is 36.4 Å². The molecule has 0 amide bonds. The van der Waals surface area contributed by atoms with Gasteiger partial charge in [0, 0.05) is 11.1 Å². The van der Waals surface area contributed by atoms with Crippen LogP contribution < -0.4 is 4.74 Å². The summed E-state index contributed by atoms with van der Waals surface area (Å²) in [4.78, 5) is 0. The van der Waals surface area contributed by atoms with Crippen molar-refractivity contribution in [2.24, 2.45) is 0 Å². The van der Waals surface area contributed by atoms with Gasteiger partial charge in [-0.2, -0.15) is 10.5 Å². The van der Waals surface area contributed by atoms with Gasteiger partial charge < -0.3 is 4.74 Å². The molecule has 1 aliphatic rings. The molecule has 0 heterocycles. The molecule has 0 unspecified atom stereocenters. The highest BCUT2D eigenvalue weighted by atomic mass is 16.5. The Balaban J connectivity index is 2.48. The third-order valence-corrected chi connectivity index (χ3v) is 3.45. The summed E-state index contributed by atoms with van der Waals surface area (Å²) < 4.78 is 5.42. The summed E-state index contributed by atoms with van der Waals surface area (Å²) in [6, 6.07) is 17.4. The summed E-state index contributed by atoms with van der Waals surface area (Å²) in [6.45, 7) is 0. The average Bonchev–Trinajstić information content (AvgIpc) is 2.84. The number of rotatable bonds is 1. The van der Waals surface area contributed by atoms with E-state index in [0.717, 1.165) is 28.0 Å². The number of nitrogens with zero attached hydrogens (tertiary/aromatic N) is 2. The molecule has 0 bridgehead atoms. The molecular formula is C17H10N2O. The summed E-state index contributed by atoms with van der Waals surface area (Å²) >= 11 is 0. The van der Waals surface area contributed by atoms with E-state index in [9.17, 15) is 10.5 Å². The Bertz CT molecular complexity index is 804. The lowest BCUT2D eigenvalue weighted by molar-refractivity contribution is 0.416. The number of allylic oxidation sites excluding steroid dienone is 1. The number of benzene rings is 2. The van der Waals surface area contributed by atoms with E-state index < -0.39 is 0 Å². The fraction of sp³-hybridized carbons (Fsp3) is 0.0588. The second kappa shape index (κ2) is 4.57. The van der Waals surface area contributed by atoms with Crippen LogP contribution in [0.3, 0.4) is 0 Å². The van der Waals surface area contributed by atoms with Crippen LogP contribution in [-0.4, -0.2) is 7.11 Å². The number of ether oxygens (including phenoxy) is 1. The Labute approximate surface area is 117 Å². The van der Waals surface area contributed by atoms with E-state index in [1.54, 1.807) is 7.11 Å². The SMILES string of the molecule is COc1cccc2c1-c1ccccc1C2=C(C#N)C#N. The molecule has 0 radical (unpaired) electrons. The standard InChI is InChI=1S/C17H10N2O/c1-20-15-8-4-7-14-16(11(9-18)10-19)12-5-2-3-6-13(12)17(14)15/h2-8H,1H3. The highest BCUT2D eigenvalue weighted by molar-refractivity contribution is 6.05. The molecule has 0 aliphatic heterocycles. The van der Waals surface area contributed by atoms with Gasteiger partial charge in [0.05, 0.1) is 7.11 Å². The lowest BCUT2D eigenvalue weighted by atomic mass is 9.99. The molecule has 3 heteroatoms. The van der Waals surface area contributed by atoms with E-state index in [0.29, 0.717) is 5.57 Å². The fourth-order valence-corrected chi connectivity index (χ4v) is 2.66. The van der Waals surface area contributed by atoms with Crippen molar-refractivity contribution in [3.63, 3.8) is 0 Å². The molecule has 0 spiro atoms. The molecule has 20 heavy (non-hydrogen) atoms. The van der Waals surface area contributed by atoms with Crippen molar-refractivity contribution in [2.75, 3.05) is 7.11 Å². The van der Waals surface area contributed by atoms with E-state index in [1.165, 1.54) is 0 Å². The van der Waals surface area contributed by atoms with Crippen molar-refractivity contribution in [3.05, 3.63) is 59.2 Å². The molecule has 0 fully saturated rings. The smallest absolute Gasteiger partial charge is 0.138 e. The largest absolute Gasteiger partial charge is 0.496 e. The summed E-state index contributed by atoms with van der Waals surface area (Å²) in [5.74, 6) is 0.750. The van der Waals surface area contributed by atoms with Crippen LogP contribution in [0.1, 0.15) is 11.1 Å². The molecule has 0 N–H and O–H groups in total. The number of fused-ring (bicyclic) bond motifs is 3. The monoisotopic (exact) mass is 258 g/mol. The van der Waals surface area contributed by atoms with E-state index >= 15 is 0 Å². The Morgan fingerprint density at radius 2 is 1.55 bits per heavy atom. The number of hydrogen-bond donors (Lipinski definition) is 0. The maximum absolute atomic E-state index is 9.20. The second-order valence-corrected chi connectivity index (χ2v) is 4.40. The number of methoxy groups -OCH3 is 1. The Hall–Kier alpha value is -3.04. The maximum atomic E-state index is 9.20. The molecule has 0 saturated carbocycles. The van der Waals surface area contributed by atoms with Crippen LogP contribution >= 0.6 is 0 Å². The van der Waals surface area contributed by atoms with Gasteiger partial charge in [-0.05, 0) is 22.8 Å². The zero-order valence-corrected chi connectivity index (χ0v) is 10.8. The zero-order valence-electron chi connectivity index (χ0n) is 10.8. The lowest BCUT2D eigenvalue weighted by Crippen LogP contribution is -1.89. The predicted molar refractivity (Wildman–Crippen MR) is 75.7 cm³/mol. The van der Waals surface area contributed by atoms with E-state index in [2.05, 4.69) is 0 Å². The first kappa shape index (κ1) is 12.0. The highest BCUT2D eigenvalue weighted by Crippen LogP contribution is 2.49. The van der Waals surface area contributed by atoms with Gasteiger partial charge in [0.15, 0.2) is 0 Å². The second-order valence-electron chi connectivity index (χ2n) is 4.40. The molecule has 2 aromatic rings. The van der Waals surface area contributed by atoms with Crippen LogP contribution in [0.5, 0.6) is 5.75 Å². The van der Waals surface area contributed by atoms with Gasteiger partial charge in [0.2, 0.25) is 0 Å². The topological polar surface area (TPSA) is 56.8 Å². The highest BCUT2D eigenvalue weighted by Gasteiger charge is 2.28. The molecule has 1 aliphatic carbocycles. The molecule has 3 nitrogen and oxygen atoms in total. The third-order valence-electron chi connectivity index (χ3n) is 3.45. The zero-order chi connectivity index (χ0) is 14.1. The molecule has 0 aromatic heterocycles. The van der Waals surface area contributed by atoms with Gasteiger partial charge in [-0.3, -0.25) is 0 Å². The summed E-state index contributed by atoms with van der Waals surface area (Å²) in [5, 5.41) is 18.4. The molecule has 3 rings (SSSR count). The van der Waals surface area contributed by atoms with Gasteiger partial charge in [-0.15, -0.1) is 0 Å². The summed E-state index contributed by atoms with van der Waals surface area (Å²) in [7, 11) is 1.62. The summed E-state index contributed by atoms with van der Waals surface area (Å²) in [5.41, 5.74) is 4.55. The third kappa shape index (κ3) is 1.51. The van der Waals surface area contributed by atoms with Crippen LogP contribution in [0.2, 0.25) is 0 Å². The Kier molecular flexibility index (Phi) is 2.75. The molecule has 2 aromatic carbocycles. The van der Waals surface area contributed by atoms with Crippen LogP contribution in [0.4, 0.5) is 0 Å². The van der Waals surface area contributed by atoms with Crippen LogP contribution in [0.15, 0.2) is 48.0 Å². The van der Waals surface area contributed by atoms with Crippen molar-refractivity contribution < 1.29 is 4.74 Å².